The fourth-order valence-electron chi connectivity index (χ4n) is 1.54. The van der Waals surface area contributed by atoms with Crippen molar-refractivity contribution >= 4 is 12.4 Å². The molecular formula is C13H10O. The molecule has 0 bridgehead atoms. The fourth-order valence-corrected chi connectivity index (χ4v) is 1.54. The molecule has 0 fully saturated rings. The van der Waals surface area contributed by atoms with Crippen LogP contribution in [0.5, 0.6) is 0 Å². The molecule has 1 heteroatoms. The van der Waals surface area contributed by atoms with Crippen LogP contribution in [0.25, 0.3) is 17.2 Å². The number of allylic oxidation sites excluding steroid dienone is 1. The molecule has 0 saturated heterocycles. The van der Waals surface area contributed by atoms with Crippen molar-refractivity contribution in [2.24, 2.45) is 0 Å². The van der Waals surface area contributed by atoms with Crippen LogP contribution in [0.15, 0.2) is 48.5 Å². The average molecular weight is 182 g/mol. The highest BCUT2D eigenvalue weighted by Gasteiger charge is 2.02. The smallest absolute Gasteiger partial charge is 0.142 e. The van der Waals surface area contributed by atoms with Gasteiger partial charge in [0.2, 0.25) is 0 Å². The van der Waals surface area contributed by atoms with E-state index < -0.39 is 0 Å². The van der Waals surface area contributed by atoms with Crippen LogP contribution >= 0.6 is 0 Å². The standard InChI is InChI=1S/C13H10O/c14-10-4-8-12-6-2-1-5-11-7-3-9-13(11)12/h1-10H/b8-4+. The van der Waals surface area contributed by atoms with Crippen LogP contribution in [0.4, 0.5) is 0 Å². The number of hydrogen-bond acceptors (Lipinski definition) is 1. The Kier molecular flexibility index (Phi) is 2.41. The quantitative estimate of drug-likeness (QED) is 0.515. The third kappa shape index (κ3) is 1.57. The molecule has 0 radical (unpaired) electrons. The molecule has 0 N–H and O–H groups in total. The summed E-state index contributed by atoms with van der Waals surface area (Å²) >= 11 is 0. The van der Waals surface area contributed by atoms with Gasteiger partial charge in [-0.1, -0.05) is 48.5 Å². The minimum absolute atomic E-state index is 0.793. The zero-order valence-corrected chi connectivity index (χ0v) is 7.68. The van der Waals surface area contributed by atoms with E-state index in [4.69, 9.17) is 0 Å². The number of hydrogen-bond donors (Lipinski definition) is 0. The van der Waals surface area contributed by atoms with E-state index in [-0.39, 0.29) is 0 Å². The Morgan fingerprint density at radius 3 is 2.57 bits per heavy atom. The second kappa shape index (κ2) is 3.88. The number of fused-ring (bicyclic) bond motifs is 1. The maximum absolute atomic E-state index is 10.2. The highest BCUT2D eigenvalue weighted by atomic mass is 16.1. The van der Waals surface area contributed by atoms with Crippen LogP contribution in [-0.2, 0) is 4.79 Å². The average Bonchev–Trinajstić information content (AvgIpc) is 2.58. The highest BCUT2D eigenvalue weighted by molar-refractivity contribution is 5.81. The molecule has 0 amide bonds. The summed E-state index contributed by atoms with van der Waals surface area (Å²) in [6.45, 7) is 0. The molecule has 14 heavy (non-hydrogen) atoms. The van der Waals surface area contributed by atoms with E-state index in [0.29, 0.717) is 0 Å². The fraction of sp³-hybridized carbons (Fsp3) is 0. The first-order valence-electron chi connectivity index (χ1n) is 4.51. The Labute approximate surface area is 83.0 Å². The Balaban J connectivity index is 2.57. The summed E-state index contributed by atoms with van der Waals surface area (Å²) in [5, 5.41) is 0. The minimum Gasteiger partial charge on any atom is -0.299 e. The van der Waals surface area contributed by atoms with Gasteiger partial charge in [0.25, 0.3) is 0 Å². The first kappa shape index (κ1) is 8.70. The molecule has 1 nitrogen and oxygen atoms in total. The van der Waals surface area contributed by atoms with Crippen LogP contribution in [-0.4, -0.2) is 6.29 Å². The van der Waals surface area contributed by atoms with Crippen molar-refractivity contribution in [2.75, 3.05) is 0 Å². The van der Waals surface area contributed by atoms with Crippen molar-refractivity contribution in [3.63, 3.8) is 0 Å². The zero-order chi connectivity index (χ0) is 9.80. The van der Waals surface area contributed by atoms with Gasteiger partial charge in [-0.3, -0.25) is 4.79 Å². The molecule has 0 heterocycles. The summed E-state index contributed by atoms with van der Waals surface area (Å²) in [5.74, 6) is 0. The highest BCUT2D eigenvalue weighted by Crippen LogP contribution is 2.26. The number of carbonyl (C=O) groups excluding carboxylic acids is 1. The van der Waals surface area contributed by atoms with Crippen molar-refractivity contribution in [1.29, 1.82) is 0 Å². The molecule has 0 saturated carbocycles. The van der Waals surface area contributed by atoms with Crippen LogP contribution in [0.1, 0.15) is 5.56 Å². The van der Waals surface area contributed by atoms with E-state index in [9.17, 15) is 4.79 Å². The van der Waals surface area contributed by atoms with Gasteiger partial charge in [0.15, 0.2) is 0 Å². The lowest BCUT2D eigenvalue weighted by Crippen LogP contribution is -1.73. The molecule has 0 aromatic rings. The van der Waals surface area contributed by atoms with Crippen molar-refractivity contribution in [3.8, 4) is 11.1 Å². The predicted molar refractivity (Wildman–Crippen MR) is 58.2 cm³/mol. The molecule has 0 aliphatic heterocycles. The van der Waals surface area contributed by atoms with Crippen LogP contribution in [0.3, 0.4) is 0 Å². The van der Waals surface area contributed by atoms with Gasteiger partial charge in [-0.15, -0.1) is 0 Å². The second-order valence-electron chi connectivity index (χ2n) is 3.06. The molecule has 0 aromatic heterocycles. The van der Waals surface area contributed by atoms with E-state index >= 15 is 0 Å². The third-order valence-electron chi connectivity index (χ3n) is 2.18. The van der Waals surface area contributed by atoms with Crippen molar-refractivity contribution < 1.29 is 4.79 Å². The first-order valence-corrected chi connectivity index (χ1v) is 4.51. The number of aldehydes is 1. The monoisotopic (exact) mass is 182 g/mol. The Morgan fingerprint density at radius 1 is 0.929 bits per heavy atom. The van der Waals surface area contributed by atoms with Gasteiger partial charge in [0.1, 0.15) is 6.29 Å². The Morgan fingerprint density at radius 2 is 1.71 bits per heavy atom. The van der Waals surface area contributed by atoms with Crippen LogP contribution in [0, 0.1) is 0 Å². The molecular weight excluding hydrogens is 172 g/mol. The Bertz CT molecular complexity index is 443. The summed E-state index contributed by atoms with van der Waals surface area (Å²) in [5.41, 5.74) is 3.44. The molecule has 2 aliphatic carbocycles. The van der Waals surface area contributed by atoms with E-state index in [1.807, 2.05) is 30.3 Å². The van der Waals surface area contributed by atoms with Gasteiger partial charge in [-0.2, -0.15) is 0 Å². The van der Waals surface area contributed by atoms with Crippen LogP contribution in [0.2, 0.25) is 0 Å². The number of carbonyl (C=O) groups is 1. The van der Waals surface area contributed by atoms with Crippen LogP contribution < -0.4 is 0 Å². The normalized spacial score (nSPS) is 10.9. The lowest BCUT2D eigenvalue weighted by molar-refractivity contribution is -0.104. The van der Waals surface area contributed by atoms with E-state index in [1.165, 1.54) is 17.2 Å². The molecule has 0 spiro atoms. The summed E-state index contributed by atoms with van der Waals surface area (Å²) in [7, 11) is 0. The number of rotatable bonds is 2. The zero-order valence-electron chi connectivity index (χ0n) is 7.68. The topological polar surface area (TPSA) is 17.1 Å². The van der Waals surface area contributed by atoms with E-state index in [1.54, 1.807) is 0 Å². The van der Waals surface area contributed by atoms with E-state index in [0.717, 1.165) is 11.8 Å². The largest absolute Gasteiger partial charge is 0.299 e. The lowest BCUT2D eigenvalue weighted by atomic mass is 10.1. The van der Waals surface area contributed by atoms with Crippen molar-refractivity contribution in [1.82, 2.24) is 0 Å². The van der Waals surface area contributed by atoms with Crippen molar-refractivity contribution in [2.45, 2.75) is 0 Å². The molecule has 0 atom stereocenters. The van der Waals surface area contributed by atoms with E-state index in [2.05, 4.69) is 18.2 Å². The second-order valence-corrected chi connectivity index (χ2v) is 3.06. The predicted octanol–water partition coefficient (Wildman–Crippen LogP) is 3.00. The first-order chi connectivity index (χ1) is 6.92. The van der Waals surface area contributed by atoms with Gasteiger partial charge in [0.05, 0.1) is 0 Å². The summed E-state index contributed by atoms with van der Waals surface area (Å²) in [6, 6.07) is 14.2. The minimum atomic E-state index is 0.793. The molecule has 0 unspecified atom stereocenters. The summed E-state index contributed by atoms with van der Waals surface area (Å²) in [6.07, 6.45) is 4.14. The van der Waals surface area contributed by atoms with Gasteiger partial charge >= 0.3 is 0 Å². The third-order valence-corrected chi connectivity index (χ3v) is 2.18. The SMILES string of the molecule is O=C/C=C/c1ccccc2cccc1-2. The molecule has 2 aliphatic rings. The maximum Gasteiger partial charge on any atom is 0.142 e. The molecule has 0 aromatic carbocycles. The van der Waals surface area contributed by atoms with Crippen molar-refractivity contribution in [3.05, 3.63) is 54.1 Å². The summed E-state index contributed by atoms with van der Waals surface area (Å²) in [4.78, 5) is 10.2. The Hall–Kier alpha value is -1.89. The van der Waals surface area contributed by atoms with Gasteiger partial charge < -0.3 is 0 Å². The van der Waals surface area contributed by atoms with Gasteiger partial charge in [-0.05, 0) is 22.8 Å². The maximum atomic E-state index is 10.2. The lowest BCUT2D eigenvalue weighted by Gasteiger charge is -1.96. The van der Waals surface area contributed by atoms with Gasteiger partial charge in [0, 0.05) is 0 Å². The summed E-state index contributed by atoms with van der Waals surface area (Å²) < 4.78 is 0. The molecule has 68 valence electrons. The molecule has 2 rings (SSSR count). The van der Waals surface area contributed by atoms with Gasteiger partial charge in [-0.25, -0.2) is 0 Å².